The van der Waals surface area contributed by atoms with Crippen molar-refractivity contribution in [1.29, 1.82) is 0 Å². The molecule has 0 fully saturated rings. The van der Waals surface area contributed by atoms with E-state index in [2.05, 4.69) is 4.72 Å². The fourth-order valence-electron chi connectivity index (χ4n) is 2.89. The topological polar surface area (TPSA) is 102 Å². The molecule has 0 bridgehead atoms. The number of nitrogens with zero attached hydrogens (tertiary/aromatic N) is 1. The predicted octanol–water partition coefficient (Wildman–Crippen LogP) is 2.53. The van der Waals surface area contributed by atoms with Crippen LogP contribution in [0.1, 0.15) is 25.5 Å². The Morgan fingerprint density at radius 3 is 2.21 bits per heavy atom. The Bertz CT molecular complexity index is 1290. The number of nitrogens with one attached hydrogen (secondary N) is 1. The normalized spacial score (nSPS) is 13.7. The SMILES string of the molecule is CCn1c(=O)sc2cc(S(=O)(=O)N[C@@H](C)c3ccc(S(C)(=O)=O)cc3)ccc21. The number of thiazole rings is 1. The summed E-state index contributed by atoms with van der Waals surface area (Å²) in [4.78, 5) is 12.1. The van der Waals surface area contributed by atoms with Crippen LogP contribution in [0.5, 0.6) is 0 Å². The number of sulfone groups is 1. The lowest BCUT2D eigenvalue weighted by Gasteiger charge is -2.15. The molecule has 0 aliphatic rings. The minimum Gasteiger partial charge on any atom is -0.299 e. The Kier molecular flexibility index (Phi) is 5.50. The minimum absolute atomic E-state index is 0.0732. The van der Waals surface area contributed by atoms with Crippen molar-refractivity contribution in [3.63, 3.8) is 0 Å². The van der Waals surface area contributed by atoms with Crippen LogP contribution in [0.15, 0.2) is 57.1 Å². The van der Waals surface area contributed by atoms with Gasteiger partial charge in [0.25, 0.3) is 0 Å². The van der Waals surface area contributed by atoms with E-state index in [1.165, 1.54) is 24.3 Å². The van der Waals surface area contributed by atoms with E-state index in [0.717, 1.165) is 17.6 Å². The van der Waals surface area contributed by atoms with Gasteiger partial charge in [0, 0.05) is 18.8 Å². The fourth-order valence-corrected chi connectivity index (χ4v) is 5.84. The highest BCUT2D eigenvalue weighted by molar-refractivity contribution is 7.90. The number of fused-ring (bicyclic) bond motifs is 1. The maximum Gasteiger partial charge on any atom is 0.308 e. The lowest BCUT2D eigenvalue weighted by Crippen LogP contribution is -2.26. The Morgan fingerprint density at radius 2 is 1.64 bits per heavy atom. The molecule has 1 aromatic heterocycles. The van der Waals surface area contributed by atoms with Crippen LogP contribution in [0.4, 0.5) is 0 Å². The maximum atomic E-state index is 12.8. The lowest BCUT2D eigenvalue weighted by atomic mass is 10.1. The first kappa shape index (κ1) is 20.7. The van der Waals surface area contributed by atoms with Gasteiger partial charge in [-0.1, -0.05) is 23.5 Å². The fraction of sp³-hybridized carbons (Fsp3) is 0.278. The summed E-state index contributed by atoms with van der Waals surface area (Å²) in [6.07, 6.45) is 1.12. The van der Waals surface area contributed by atoms with Gasteiger partial charge in [-0.2, -0.15) is 0 Å². The summed E-state index contributed by atoms with van der Waals surface area (Å²) in [5.74, 6) is 0. The molecule has 0 unspecified atom stereocenters. The molecule has 150 valence electrons. The van der Waals surface area contributed by atoms with Crippen molar-refractivity contribution in [2.75, 3.05) is 6.26 Å². The molecule has 0 aliphatic carbocycles. The number of hydrogen-bond acceptors (Lipinski definition) is 6. The highest BCUT2D eigenvalue weighted by Crippen LogP contribution is 2.24. The van der Waals surface area contributed by atoms with Crippen molar-refractivity contribution >= 4 is 41.4 Å². The molecule has 3 aromatic rings. The van der Waals surface area contributed by atoms with Crippen LogP contribution in [-0.4, -0.2) is 27.7 Å². The summed E-state index contributed by atoms with van der Waals surface area (Å²) in [7, 11) is -7.13. The van der Waals surface area contributed by atoms with Crippen LogP contribution in [0.25, 0.3) is 10.2 Å². The van der Waals surface area contributed by atoms with Crippen molar-refractivity contribution in [3.05, 3.63) is 57.7 Å². The zero-order valence-corrected chi connectivity index (χ0v) is 18.0. The molecular formula is C18H20N2O5S3. The van der Waals surface area contributed by atoms with Crippen LogP contribution < -0.4 is 9.60 Å². The van der Waals surface area contributed by atoms with Crippen molar-refractivity contribution in [1.82, 2.24) is 9.29 Å². The first-order valence-corrected chi connectivity index (χ1v) is 12.7. The summed E-state index contributed by atoms with van der Waals surface area (Å²) >= 11 is 1.01. The molecule has 0 spiro atoms. The van der Waals surface area contributed by atoms with E-state index >= 15 is 0 Å². The third-order valence-corrected chi connectivity index (χ3v) is 8.02. The minimum atomic E-state index is -3.82. The van der Waals surface area contributed by atoms with Crippen LogP contribution in [-0.2, 0) is 26.4 Å². The first-order chi connectivity index (χ1) is 13.0. The number of aryl methyl sites for hydroxylation is 1. The highest BCUT2D eigenvalue weighted by Gasteiger charge is 2.20. The van der Waals surface area contributed by atoms with Gasteiger partial charge in [-0.15, -0.1) is 0 Å². The van der Waals surface area contributed by atoms with E-state index < -0.39 is 25.9 Å². The Labute approximate surface area is 167 Å². The number of rotatable bonds is 6. The van der Waals surface area contributed by atoms with Crippen molar-refractivity contribution in [2.45, 2.75) is 36.2 Å². The van der Waals surface area contributed by atoms with E-state index in [4.69, 9.17) is 0 Å². The second-order valence-corrected chi connectivity index (χ2v) is 11.1. The van der Waals surface area contributed by atoms with E-state index in [1.807, 2.05) is 6.92 Å². The van der Waals surface area contributed by atoms with Gasteiger partial charge in [-0.05, 0) is 49.7 Å². The number of benzene rings is 2. The molecule has 3 rings (SSSR count). The summed E-state index contributed by atoms with van der Waals surface area (Å²) < 4.78 is 53.4. The van der Waals surface area contributed by atoms with Crippen molar-refractivity contribution in [3.8, 4) is 0 Å². The van der Waals surface area contributed by atoms with E-state index in [1.54, 1.807) is 29.7 Å². The number of sulfonamides is 1. The summed E-state index contributed by atoms with van der Waals surface area (Å²) in [6, 6.07) is 10.1. The molecule has 0 saturated carbocycles. The molecule has 7 nitrogen and oxygen atoms in total. The van der Waals surface area contributed by atoms with E-state index in [9.17, 15) is 21.6 Å². The van der Waals surface area contributed by atoms with Crippen molar-refractivity contribution < 1.29 is 16.8 Å². The van der Waals surface area contributed by atoms with Gasteiger partial charge in [0.2, 0.25) is 10.0 Å². The predicted molar refractivity (Wildman–Crippen MR) is 110 cm³/mol. The van der Waals surface area contributed by atoms with Crippen LogP contribution in [0, 0.1) is 0 Å². The first-order valence-electron chi connectivity index (χ1n) is 8.48. The average molecular weight is 441 g/mol. The second-order valence-electron chi connectivity index (χ2n) is 6.43. The molecule has 28 heavy (non-hydrogen) atoms. The molecule has 0 amide bonds. The van der Waals surface area contributed by atoms with Gasteiger partial charge >= 0.3 is 4.87 Å². The third kappa shape index (κ3) is 4.04. The zero-order valence-electron chi connectivity index (χ0n) is 15.5. The Morgan fingerprint density at radius 1 is 1.04 bits per heavy atom. The van der Waals surface area contributed by atoms with Gasteiger partial charge in [-0.3, -0.25) is 9.36 Å². The molecule has 1 heterocycles. The van der Waals surface area contributed by atoms with Gasteiger partial charge < -0.3 is 0 Å². The number of hydrogen-bond donors (Lipinski definition) is 1. The van der Waals surface area contributed by atoms with Crippen LogP contribution in [0.3, 0.4) is 0 Å². The average Bonchev–Trinajstić information content (AvgIpc) is 2.94. The van der Waals surface area contributed by atoms with Gasteiger partial charge in [-0.25, -0.2) is 21.6 Å². The lowest BCUT2D eigenvalue weighted by molar-refractivity contribution is 0.566. The Balaban J connectivity index is 1.89. The molecule has 1 atom stereocenters. The molecule has 0 saturated heterocycles. The molecule has 1 N–H and O–H groups in total. The largest absolute Gasteiger partial charge is 0.308 e. The van der Waals surface area contributed by atoms with Crippen molar-refractivity contribution in [2.24, 2.45) is 0 Å². The molecule has 2 aromatic carbocycles. The van der Waals surface area contributed by atoms with Crippen LogP contribution in [0.2, 0.25) is 0 Å². The standard InChI is InChI=1S/C18H20N2O5S3/c1-4-20-16-10-9-15(11-17(16)26-18(20)21)28(24,25)19-12(2)13-5-7-14(8-6-13)27(3,22)23/h5-12,19H,4H2,1-3H3/t12-/m0/s1. The summed E-state index contributed by atoms with van der Waals surface area (Å²) in [6.45, 7) is 4.05. The maximum absolute atomic E-state index is 12.8. The molecular weight excluding hydrogens is 420 g/mol. The molecule has 0 aliphatic heterocycles. The second kappa shape index (κ2) is 7.43. The van der Waals surface area contributed by atoms with Gasteiger partial charge in [0.1, 0.15) is 0 Å². The molecule has 0 radical (unpaired) electrons. The van der Waals surface area contributed by atoms with Gasteiger partial charge in [0.15, 0.2) is 9.84 Å². The smallest absolute Gasteiger partial charge is 0.299 e. The summed E-state index contributed by atoms with van der Waals surface area (Å²) in [5.41, 5.74) is 1.35. The van der Waals surface area contributed by atoms with E-state index in [-0.39, 0.29) is 14.7 Å². The Hall–Kier alpha value is -2.01. The quantitative estimate of drug-likeness (QED) is 0.635. The van der Waals surface area contributed by atoms with Crippen LogP contribution >= 0.6 is 11.3 Å². The number of aromatic nitrogens is 1. The van der Waals surface area contributed by atoms with E-state index in [0.29, 0.717) is 22.3 Å². The monoisotopic (exact) mass is 440 g/mol. The zero-order chi connectivity index (χ0) is 20.7. The highest BCUT2D eigenvalue weighted by atomic mass is 32.2. The van der Waals surface area contributed by atoms with Gasteiger partial charge in [0.05, 0.1) is 20.0 Å². The third-order valence-electron chi connectivity index (χ3n) is 4.41. The summed E-state index contributed by atoms with van der Waals surface area (Å²) in [5, 5.41) is 0. The molecule has 10 heteroatoms.